The molecule has 0 spiro atoms. The summed E-state index contributed by atoms with van der Waals surface area (Å²) in [4.78, 5) is 10.7. The Hall–Kier alpha value is 1.75. The average Bonchev–Trinajstić information content (AvgIpc) is 1.97. The fraction of sp³-hybridized carbons (Fsp3) is 1.00. The Morgan fingerprint density at radius 1 is 1.17 bits per heavy atom. The van der Waals surface area contributed by atoms with Gasteiger partial charge in [-0.2, -0.15) is 0 Å². The zero-order chi connectivity index (χ0) is 8.74. The van der Waals surface area contributed by atoms with E-state index >= 15 is 0 Å². The van der Waals surface area contributed by atoms with Gasteiger partial charge in [-0.25, -0.2) is 0 Å². The zero-order valence-electron chi connectivity index (χ0n) is 7.91. The Bertz CT molecular complexity index is 130. The van der Waals surface area contributed by atoms with Crippen molar-refractivity contribution in [1.29, 1.82) is 0 Å². The zero-order valence-corrected chi connectivity index (χ0v) is 11.9. The van der Waals surface area contributed by atoms with E-state index in [0.717, 1.165) is 0 Å². The van der Waals surface area contributed by atoms with Gasteiger partial charge in [0.2, 0.25) is 0 Å². The van der Waals surface area contributed by atoms with Crippen LogP contribution in [-0.2, 0) is 13.6 Å². The van der Waals surface area contributed by atoms with Gasteiger partial charge in [-0.05, 0) is 12.8 Å². The van der Waals surface area contributed by atoms with E-state index in [1.54, 1.807) is 0 Å². The third-order valence-electron chi connectivity index (χ3n) is 0.907. The molecule has 0 radical (unpaired) electrons. The number of phosphoric ester groups is 1. The molecule has 68 valence electrons. The fourth-order valence-electron chi connectivity index (χ4n) is 0.443. The van der Waals surface area contributed by atoms with Crippen molar-refractivity contribution in [3.63, 3.8) is 0 Å². The first-order chi connectivity index (χ1) is 5.12. The smallest absolute Gasteiger partial charge is 0.756 e. The Labute approximate surface area is 116 Å². The Balaban J connectivity index is 0. The SMILES string of the molecule is CCCOP(=O)([O-])OCCC.[K+]. The van der Waals surface area contributed by atoms with E-state index in [4.69, 9.17) is 0 Å². The molecule has 0 fully saturated rings. The van der Waals surface area contributed by atoms with Crippen molar-refractivity contribution in [2.45, 2.75) is 26.7 Å². The van der Waals surface area contributed by atoms with Gasteiger partial charge >= 0.3 is 51.4 Å². The largest absolute Gasteiger partial charge is 1.00 e. The van der Waals surface area contributed by atoms with E-state index in [1.807, 2.05) is 13.8 Å². The van der Waals surface area contributed by atoms with Crippen LogP contribution in [0, 0.1) is 0 Å². The van der Waals surface area contributed by atoms with Gasteiger partial charge in [-0.3, -0.25) is 4.57 Å². The van der Waals surface area contributed by atoms with Gasteiger partial charge in [0.05, 0.1) is 13.2 Å². The molecular formula is C6H14KO4P. The van der Waals surface area contributed by atoms with Crippen LogP contribution in [0.25, 0.3) is 0 Å². The first kappa shape index (κ1) is 16.2. The van der Waals surface area contributed by atoms with E-state index in [9.17, 15) is 9.46 Å². The summed E-state index contributed by atoms with van der Waals surface area (Å²) in [5.41, 5.74) is 0. The summed E-state index contributed by atoms with van der Waals surface area (Å²) in [5.74, 6) is 0. The molecule has 0 aromatic heterocycles. The molecule has 0 bridgehead atoms. The van der Waals surface area contributed by atoms with Crippen LogP contribution in [0.3, 0.4) is 0 Å². The predicted molar refractivity (Wildman–Crippen MR) is 40.1 cm³/mol. The van der Waals surface area contributed by atoms with Gasteiger partial charge in [0.25, 0.3) is 7.82 Å². The summed E-state index contributed by atoms with van der Waals surface area (Å²) in [6.07, 6.45) is 1.34. The first-order valence-corrected chi connectivity index (χ1v) is 5.18. The van der Waals surface area contributed by atoms with Crippen LogP contribution in [0.4, 0.5) is 0 Å². The van der Waals surface area contributed by atoms with Crippen molar-refractivity contribution in [3.8, 4) is 0 Å². The van der Waals surface area contributed by atoms with Crippen molar-refractivity contribution >= 4 is 7.82 Å². The second-order valence-electron chi connectivity index (χ2n) is 2.11. The first-order valence-electron chi connectivity index (χ1n) is 3.72. The molecule has 0 saturated heterocycles. The molecule has 0 rings (SSSR count). The third-order valence-corrected chi connectivity index (χ3v) is 1.90. The second kappa shape index (κ2) is 9.31. The minimum absolute atomic E-state index is 0. The summed E-state index contributed by atoms with van der Waals surface area (Å²) in [5, 5.41) is 0. The van der Waals surface area contributed by atoms with E-state index in [-0.39, 0.29) is 64.6 Å². The molecule has 0 atom stereocenters. The fourth-order valence-corrected chi connectivity index (χ4v) is 1.33. The maximum absolute atomic E-state index is 10.7. The second-order valence-corrected chi connectivity index (χ2v) is 3.52. The minimum atomic E-state index is -3.98. The average molecular weight is 220 g/mol. The van der Waals surface area contributed by atoms with Crippen LogP contribution in [0.5, 0.6) is 0 Å². The predicted octanol–water partition coefficient (Wildman–Crippen LogP) is -1.69. The number of hydrogen-bond donors (Lipinski definition) is 0. The molecule has 0 N–H and O–H groups in total. The molecule has 0 aromatic rings. The van der Waals surface area contributed by atoms with Gasteiger partial charge in [-0.15, -0.1) is 0 Å². The summed E-state index contributed by atoms with van der Waals surface area (Å²) >= 11 is 0. The van der Waals surface area contributed by atoms with Crippen LogP contribution >= 0.6 is 7.82 Å². The Morgan fingerprint density at radius 2 is 1.50 bits per heavy atom. The van der Waals surface area contributed by atoms with E-state index in [0.29, 0.717) is 12.8 Å². The maximum atomic E-state index is 10.7. The summed E-state index contributed by atoms with van der Waals surface area (Å²) in [6.45, 7) is 4.06. The van der Waals surface area contributed by atoms with Crippen LogP contribution in [0.1, 0.15) is 26.7 Å². The summed E-state index contributed by atoms with van der Waals surface area (Å²) in [7, 11) is -3.98. The van der Waals surface area contributed by atoms with E-state index < -0.39 is 7.82 Å². The van der Waals surface area contributed by atoms with E-state index in [1.165, 1.54) is 0 Å². The van der Waals surface area contributed by atoms with Gasteiger partial charge in [0, 0.05) is 0 Å². The van der Waals surface area contributed by atoms with Crippen molar-refractivity contribution in [2.24, 2.45) is 0 Å². The topological polar surface area (TPSA) is 58.6 Å². The summed E-state index contributed by atoms with van der Waals surface area (Å²) < 4.78 is 19.6. The van der Waals surface area contributed by atoms with E-state index in [2.05, 4.69) is 9.05 Å². The summed E-state index contributed by atoms with van der Waals surface area (Å²) in [6, 6.07) is 0. The maximum Gasteiger partial charge on any atom is 1.00 e. The molecule has 0 saturated carbocycles. The van der Waals surface area contributed by atoms with Crippen molar-refractivity contribution in [1.82, 2.24) is 0 Å². The van der Waals surface area contributed by atoms with Crippen LogP contribution < -0.4 is 56.3 Å². The Kier molecular flexibility index (Phi) is 12.6. The quantitative estimate of drug-likeness (QED) is 0.396. The molecule has 0 aliphatic carbocycles. The molecule has 4 nitrogen and oxygen atoms in total. The Morgan fingerprint density at radius 3 is 1.75 bits per heavy atom. The van der Waals surface area contributed by atoms with Crippen molar-refractivity contribution in [2.75, 3.05) is 13.2 Å². The van der Waals surface area contributed by atoms with Gasteiger partial charge < -0.3 is 13.9 Å². The molecule has 0 aromatic carbocycles. The monoisotopic (exact) mass is 220 g/mol. The molecule has 6 heteroatoms. The van der Waals surface area contributed by atoms with Gasteiger partial charge in [0.1, 0.15) is 0 Å². The molecule has 0 aliphatic rings. The van der Waals surface area contributed by atoms with Crippen molar-refractivity contribution in [3.05, 3.63) is 0 Å². The number of hydrogen-bond acceptors (Lipinski definition) is 4. The molecule has 0 amide bonds. The van der Waals surface area contributed by atoms with Crippen LogP contribution in [-0.4, -0.2) is 13.2 Å². The number of phosphoric acid groups is 1. The third kappa shape index (κ3) is 9.83. The molecular weight excluding hydrogens is 206 g/mol. The van der Waals surface area contributed by atoms with Gasteiger partial charge in [-0.1, -0.05) is 13.8 Å². The molecule has 0 heterocycles. The normalized spacial score (nSPS) is 10.9. The standard InChI is InChI=1S/C6H15O4P.K/c1-3-5-9-11(7,8)10-6-4-2;/h3-6H2,1-2H3,(H,7,8);/q;+1/p-1. The van der Waals surface area contributed by atoms with Crippen LogP contribution in [0.15, 0.2) is 0 Å². The van der Waals surface area contributed by atoms with Gasteiger partial charge in [0.15, 0.2) is 0 Å². The molecule has 0 unspecified atom stereocenters. The minimum Gasteiger partial charge on any atom is -0.756 e. The number of rotatable bonds is 6. The van der Waals surface area contributed by atoms with Crippen molar-refractivity contribution < 1.29 is 69.9 Å². The molecule has 0 aliphatic heterocycles. The molecule has 12 heavy (non-hydrogen) atoms. The van der Waals surface area contributed by atoms with Crippen LogP contribution in [0.2, 0.25) is 0 Å².